The van der Waals surface area contributed by atoms with Gasteiger partial charge in [0.25, 0.3) is 5.91 Å². The quantitative estimate of drug-likeness (QED) is 0.238. The van der Waals surface area contributed by atoms with Crippen LogP contribution < -0.4 is 19.9 Å². The van der Waals surface area contributed by atoms with Gasteiger partial charge in [0.1, 0.15) is 24.1 Å². The maximum absolute atomic E-state index is 13.4. The van der Waals surface area contributed by atoms with Crippen molar-refractivity contribution >= 4 is 29.1 Å². The summed E-state index contributed by atoms with van der Waals surface area (Å²) in [5.74, 6) is 1.57. The van der Waals surface area contributed by atoms with Crippen molar-refractivity contribution in [1.82, 2.24) is 15.1 Å². The van der Waals surface area contributed by atoms with E-state index in [1.807, 2.05) is 18.2 Å². The SMILES string of the molecule is O=C1CC[C@H](N2Cc3cc4c(cc3C2=O)OC[C@@H]2CN(CC3CCN(c5ccc([C@@H]6c7ccc(O)cc7CC[C@@H]6c6ccccc6)cc5)CC3)CCN42)C(=O)N1. The van der Waals surface area contributed by atoms with Crippen LogP contribution >= 0.6 is 0 Å². The molecule has 4 atom stereocenters. The Balaban J connectivity index is 0.757. The number of aromatic hydroxyl groups is 1. The number of phenolic OH excluding ortho intramolecular Hbond substituents is 1. The molecule has 0 unspecified atom stereocenters. The number of hydrogen-bond acceptors (Lipinski definition) is 8. The zero-order valence-corrected chi connectivity index (χ0v) is 31.7. The molecule has 3 saturated heterocycles. The van der Waals surface area contributed by atoms with Gasteiger partial charge in [-0.1, -0.05) is 48.5 Å². The van der Waals surface area contributed by atoms with Gasteiger partial charge in [-0.15, -0.1) is 0 Å². The van der Waals surface area contributed by atoms with Gasteiger partial charge in [0.05, 0.1) is 11.7 Å². The number of nitrogens with zero attached hydrogens (tertiary/aromatic N) is 4. The first-order chi connectivity index (χ1) is 27.4. The van der Waals surface area contributed by atoms with Crippen molar-refractivity contribution in [3.8, 4) is 11.5 Å². The van der Waals surface area contributed by atoms with E-state index in [1.54, 1.807) is 4.90 Å². The number of nitrogens with one attached hydrogen (secondary N) is 1. The molecule has 4 aromatic rings. The topological polar surface area (TPSA) is 106 Å². The summed E-state index contributed by atoms with van der Waals surface area (Å²) in [4.78, 5) is 46.9. The lowest BCUT2D eigenvalue weighted by Crippen LogP contribution is -2.58. The number of benzene rings is 4. The summed E-state index contributed by atoms with van der Waals surface area (Å²) < 4.78 is 6.30. The first-order valence-corrected chi connectivity index (χ1v) is 20.5. The van der Waals surface area contributed by atoms with E-state index in [0.717, 1.165) is 69.1 Å². The third kappa shape index (κ3) is 6.37. The summed E-state index contributed by atoms with van der Waals surface area (Å²) in [5.41, 5.74) is 9.17. The van der Waals surface area contributed by atoms with Crippen molar-refractivity contribution in [3.63, 3.8) is 0 Å². The number of piperidine rings is 2. The number of hydrogen-bond donors (Lipinski definition) is 2. The molecule has 3 amide bonds. The summed E-state index contributed by atoms with van der Waals surface area (Å²) in [6, 6.07) is 29.8. The van der Waals surface area contributed by atoms with Gasteiger partial charge >= 0.3 is 0 Å². The zero-order valence-electron chi connectivity index (χ0n) is 31.7. The number of fused-ring (bicyclic) bond motifs is 5. The van der Waals surface area contributed by atoms with Crippen molar-refractivity contribution in [1.29, 1.82) is 0 Å². The molecule has 10 nitrogen and oxygen atoms in total. The highest BCUT2D eigenvalue weighted by molar-refractivity contribution is 6.06. The zero-order chi connectivity index (χ0) is 37.9. The Morgan fingerprint density at radius 1 is 0.768 bits per heavy atom. The standard InChI is InChI=1S/C46H49N5O5/c52-36-11-13-38-32(22-36)8-12-37(30-4-2-1-3-5-30)44(38)31-6-9-34(10-7-31)49-18-16-29(17-19-49)25-48-20-21-50-35(27-48)28-56-42-24-39-33(23-41(42)50)26-51(46(39)55)40-14-15-43(53)47-45(40)54/h1-7,9-11,13,22-24,29,35,37,40,44,52H,8,12,14-21,25-28H2,(H,47,53,54)/t35-,37+,40-,44-/m0/s1. The fraction of sp³-hybridized carbons (Fsp3) is 0.413. The second-order valence-electron chi connectivity index (χ2n) is 16.7. The molecule has 288 valence electrons. The van der Waals surface area contributed by atoms with Crippen LogP contribution in [-0.4, -0.2) is 90.6 Å². The van der Waals surface area contributed by atoms with Gasteiger partial charge < -0.3 is 24.5 Å². The number of rotatable bonds is 6. The molecular weight excluding hydrogens is 703 g/mol. The van der Waals surface area contributed by atoms with Crippen LogP contribution in [0.3, 0.4) is 0 Å². The Morgan fingerprint density at radius 3 is 2.39 bits per heavy atom. The predicted molar refractivity (Wildman–Crippen MR) is 214 cm³/mol. The van der Waals surface area contributed by atoms with E-state index < -0.39 is 6.04 Å². The molecule has 0 bridgehead atoms. The lowest BCUT2D eigenvalue weighted by Gasteiger charge is -2.47. The number of piperazine rings is 1. The van der Waals surface area contributed by atoms with Gasteiger partial charge in [-0.25, -0.2) is 0 Å². The Kier molecular flexibility index (Phi) is 8.96. The first kappa shape index (κ1) is 35.1. The van der Waals surface area contributed by atoms with Gasteiger partial charge in [-0.2, -0.15) is 0 Å². The van der Waals surface area contributed by atoms with Gasteiger partial charge in [0.2, 0.25) is 11.8 Å². The summed E-state index contributed by atoms with van der Waals surface area (Å²) in [7, 11) is 0. The molecule has 0 radical (unpaired) electrons. The highest BCUT2D eigenvalue weighted by Gasteiger charge is 2.42. The number of amides is 3. The number of aryl methyl sites for hydroxylation is 1. The van der Waals surface area contributed by atoms with Crippen LogP contribution in [-0.2, 0) is 22.6 Å². The highest BCUT2D eigenvalue weighted by atomic mass is 16.5. The van der Waals surface area contributed by atoms with Crippen LogP contribution in [0, 0.1) is 5.92 Å². The minimum Gasteiger partial charge on any atom is -0.508 e. The largest absolute Gasteiger partial charge is 0.508 e. The van der Waals surface area contributed by atoms with E-state index in [9.17, 15) is 19.5 Å². The van der Waals surface area contributed by atoms with E-state index in [4.69, 9.17) is 4.74 Å². The van der Waals surface area contributed by atoms with Gasteiger partial charge in [0, 0.05) is 69.4 Å². The molecule has 4 aromatic carbocycles. The van der Waals surface area contributed by atoms with E-state index in [0.29, 0.717) is 42.7 Å². The van der Waals surface area contributed by atoms with Crippen LogP contribution in [0.15, 0.2) is 84.9 Å². The Morgan fingerprint density at radius 2 is 1.59 bits per heavy atom. The summed E-state index contributed by atoms with van der Waals surface area (Å²) >= 11 is 0. The van der Waals surface area contributed by atoms with Crippen LogP contribution in [0.25, 0.3) is 0 Å². The summed E-state index contributed by atoms with van der Waals surface area (Å²) in [6.07, 6.45) is 4.99. The van der Waals surface area contributed by atoms with Crippen molar-refractivity contribution in [2.75, 3.05) is 55.7 Å². The predicted octanol–water partition coefficient (Wildman–Crippen LogP) is 5.81. The van der Waals surface area contributed by atoms with Crippen LogP contribution in [0.1, 0.15) is 82.1 Å². The minimum atomic E-state index is -0.620. The molecule has 0 spiro atoms. The molecule has 0 saturated carbocycles. The molecule has 5 aliphatic heterocycles. The van der Waals surface area contributed by atoms with Gasteiger partial charge in [-0.3, -0.25) is 24.6 Å². The molecule has 10 heteroatoms. The fourth-order valence-corrected chi connectivity index (χ4v) is 10.6. The molecule has 56 heavy (non-hydrogen) atoms. The van der Waals surface area contributed by atoms with Crippen molar-refractivity contribution in [3.05, 3.63) is 118 Å². The lowest BCUT2D eigenvalue weighted by atomic mass is 9.69. The fourth-order valence-electron chi connectivity index (χ4n) is 10.6. The molecule has 10 rings (SSSR count). The van der Waals surface area contributed by atoms with E-state index in [-0.39, 0.29) is 36.1 Å². The number of carbonyl (C=O) groups is 3. The smallest absolute Gasteiger partial charge is 0.255 e. The van der Waals surface area contributed by atoms with E-state index in [1.165, 1.54) is 40.8 Å². The molecule has 5 heterocycles. The second-order valence-corrected chi connectivity index (χ2v) is 16.7. The number of ether oxygens (including phenoxy) is 1. The van der Waals surface area contributed by atoms with Gasteiger partial charge in [0.15, 0.2) is 0 Å². The highest BCUT2D eigenvalue weighted by Crippen LogP contribution is 2.47. The molecular formula is C46H49N5O5. The maximum atomic E-state index is 13.4. The van der Waals surface area contributed by atoms with Gasteiger partial charge in [-0.05, 0) is 108 Å². The van der Waals surface area contributed by atoms with Crippen molar-refractivity contribution < 1.29 is 24.2 Å². The summed E-state index contributed by atoms with van der Waals surface area (Å²) in [6.45, 7) is 7.02. The number of anilines is 2. The Labute approximate surface area is 328 Å². The van der Waals surface area contributed by atoms with Crippen molar-refractivity contribution in [2.45, 2.75) is 69.0 Å². The average molecular weight is 752 g/mol. The molecule has 3 fully saturated rings. The monoisotopic (exact) mass is 751 g/mol. The second kappa shape index (κ2) is 14.3. The Bertz CT molecular complexity index is 2170. The number of carbonyl (C=O) groups excluding carboxylic acids is 3. The number of phenols is 1. The molecule has 1 aliphatic carbocycles. The summed E-state index contributed by atoms with van der Waals surface area (Å²) in [5, 5.41) is 12.6. The normalized spacial score (nSPS) is 25.2. The lowest BCUT2D eigenvalue weighted by molar-refractivity contribution is -0.136. The van der Waals surface area contributed by atoms with Crippen LogP contribution in [0.2, 0.25) is 0 Å². The molecule has 0 aromatic heterocycles. The minimum absolute atomic E-state index is 0.166. The van der Waals surface area contributed by atoms with Crippen LogP contribution in [0.4, 0.5) is 11.4 Å². The number of imide groups is 1. The third-order valence-electron chi connectivity index (χ3n) is 13.5. The van der Waals surface area contributed by atoms with Crippen LogP contribution in [0.5, 0.6) is 11.5 Å². The molecule has 2 N–H and O–H groups in total. The molecule has 6 aliphatic rings. The maximum Gasteiger partial charge on any atom is 0.255 e. The Hall–Kier alpha value is -5.35. The van der Waals surface area contributed by atoms with E-state index >= 15 is 0 Å². The van der Waals surface area contributed by atoms with E-state index in [2.05, 4.69) is 86.7 Å². The van der Waals surface area contributed by atoms with Crippen molar-refractivity contribution in [2.24, 2.45) is 5.92 Å². The average Bonchev–Trinajstić information content (AvgIpc) is 3.54. The third-order valence-corrected chi connectivity index (χ3v) is 13.5. The first-order valence-electron chi connectivity index (χ1n) is 20.5.